The van der Waals surface area contributed by atoms with Crippen molar-refractivity contribution in [2.24, 2.45) is 5.73 Å². The van der Waals surface area contributed by atoms with Crippen molar-refractivity contribution < 1.29 is 0 Å². The predicted octanol–water partition coefficient (Wildman–Crippen LogP) is -0.355. The molecule has 0 saturated heterocycles. The highest BCUT2D eigenvalue weighted by atomic mass is 35.5. The molecule has 0 aromatic carbocycles. The molecular formula is C5H8ClN5. The molecule has 0 spiro atoms. The highest BCUT2D eigenvalue weighted by Crippen LogP contribution is 2.03. The SMILES string of the molecule is C#CCC(N)c1nn[nH]n1.Cl. The maximum Gasteiger partial charge on any atom is 0.192 e. The Balaban J connectivity index is 0.000001000. The van der Waals surface area contributed by atoms with Crippen LogP contribution in [0.2, 0.25) is 0 Å². The summed E-state index contributed by atoms with van der Waals surface area (Å²) >= 11 is 0. The highest BCUT2D eigenvalue weighted by Gasteiger charge is 2.07. The van der Waals surface area contributed by atoms with E-state index in [9.17, 15) is 0 Å². The van der Waals surface area contributed by atoms with Crippen LogP contribution in [0, 0.1) is 12.3 Å². The largest absolute Gasteiger partial charge is 0.320 e. The maximum absolute atomic E-state index is 5.52. The fourth-order valence-electron chi connectivity index (χ4n) is 0.545. The molecule has 0 amide bonds. The first-order valence-corrected chi connectivity index (χ1v) is 2.77. The monoisotopic (exact) mass is 173 g/mol. The molecular weight excluding hydrogens is 166 g/mol. The van der Waals surface area contributed by atoms with Gasteiger partial charge in [-0.3, -0.25) is 0 Å². The van der Waals surface area contributed by atoms with E-state index in [1.165, 1.54) is 0 Å². The number of aromatic nitrogens is 4. The Morgan fingerprint density at radius 2 is 2.45 bits per heavy atom. The number of tetrazole rings is 1. The maximum atomic E-state index is 5.52. The van der Waals surface area contributed by atoms with E-state index >= 15 is 0 Å². The van der Waals surface area contributed by atoms with Gasteiger partial charge >= 0.3 is 0 Å². The van der Waals surface area contributed by atoms with Crippen molar-refractivity contribution >= 4 is 12.4 Å². The zero-order valence-electron chi connectivity index (χ0n) is 5.69. The van der Waals surface area contributed by atoms with Gasteiger partial charge in [-0.25, -0.2) is 0 Å². The minimum absolute atomic E-state index is 0. The Labute approximate surface area is 70.2 Å². The van der Waals surface area contributed by atoms with Crippen molar-refractivity contribution in [1.29, 1.82) is 0 Å². The summed E-state index contributed by atoms with van der Waals surface area (Å²) in [6.07, 6.45) is 5.45. The molecule has 0 bridgehead atoms. The molecule has 0 aliphatic heterocycles. The molecule has 0 aliphatic rings. The van der Waals surface area contributed by atoms with Crippen molar-refractivity contribution in [3.05, 3.63) is 5.82 Å². The summed E-state index contributed by atoms with van der Waals surface area (Å²) in [5.41, 5.74) is 5.52. The summed E-state index contributed by atoms with van der Waals surface area (Å²) in [4.78, 5) is 0. The number of rotatable bonds is 2. The molecule has 0 aliphatic carbocycles. The zero-order valence-corrected chi connectivity index (χ0v) is 6.51. The van der Waals surface area contributed by atoms with Crippen LogP contribution in [0.1, 0.15) is 18.3 Å². The fraction of sp³-hybridized carbons (Fsp3) is 0.400. The number of nitrogens with one attached hydrogen (secondary N) is 1. The van der Waals surface area contributed by atoms with E-state index in [1.807, 2.05) is 0 Å². The summed E-state index contributed by atoms with van der Waals surface area (Å²) in [5.74, 6) is 2.87. The molecule has 0 radical (unpaired) electrons. The zero-order chi connectivity index (χ0) is 7.40. The van der Waals surface area contributed by atoms with E-state index < -0.39 is 0 Å². The molecule has 0 fully saturated rings. The van der Waals surface area contributed by atoms with Crippen molar-refractivity contribution in [3.63, 3.8) is 0 Å². The van der Waals surface area contributed by atoms with Crippen LogP contribution in [0.4, 0.5) is 0 Å². The van der Waals surface area contributed by atoms with Crippen LogP contribution in [0.15, 0.2) is 0 Å². The number of nitrogens with two attached hydrogens (primary N) is 1. The molecule has 5 nitrogen and oxygen atoms in total. The van der Waals surface area contributed by atoms with Gasteiger partial charge in [0.05, 0.1) is 6.04 Å². The summed E-state index contributed by atoms with van der Waals surface area (Å²) in [5, 5.41) is 13.0. The van der Waals surface area contributed by atoms with E-state index in [0.717, 1.165) is 0 Å². The number of hydrogen-bond acceptors (Lipinski definition) is 4. The Morgan fingerprint density at radius 3 is 2.91 bits per heavy atom. The van der Waals surface area contributed by atoms with Crippen LogP contribution in [0.3, 0.4) is 0 Å². The van der Waals surface area contributed by atoms with Crippen molar-refractivity contribution in [2.75, 3.05) is 0 Å². The predicted molar refractivity (Wildman–Crippen MR) is 41.8 cm³/mol. The van der Waals surface area contributed by atoms with Gasteiger partial charge in [-0.05, 0) is 0 Å². The second-order valence-corrected chi connectivity index (χ2v) is 1.78. The summed E-state index contributed by atoms with van der Waals surface area (Å²) in [7, 11) is 0. The second kappa shape index (κ2) is 4.66. The van der Waals surface area contributed by atoms with E-state index in [2.05, 4.69) is 26.5 Å². The summed E-state index contributed by atoms with van der Waals surface area (Å²) in [6, 6.07) is -0.302. The number of hydrogen-bond donors (Lipinski definition) is 2. The van der Waals surface area contributed by atoms with E-state index in [4.69, 9.17) is 12.2 Å². The molecule has 1 aromatic heterocycles. The minimum Gasteiger partial charge on any atom is -0.320 e. The van der Waals surface area contributed by atoms with Gasteiger partial charge in [-0.1, -0.05) is 5.21 Å². The second-order valence-electron chi connectivity index (χ2n) is 1.78. The molecule has 60 valence electrons. The Bertz CT molecular complexity index is 226. The Kier molecular flexibility index (Phi) is 4.18. The van der Waals surface area contributed by atoms with E-state index in [1.54, 1.807) is 0 Å². The topological polar surface area (TPSA) is 80.5 Å². The van der Waals surface area contributed by atoms with Gasteiger partial charge in [0.25, 0.3) is 0 Å². The third-order valence-corrected chi connectivity index (χ3v) is 1.03. The van der Waals surface area contributed by atoms with Gasteiger partial charge in [0.15, 0.2) is 5.82 Å². The van der Waals surface area contributed by atoms with Crippen LogP contribution >= 0.6 is 12.4 Å². The van der Waals surface area contributed by atoms with Gasteiger partial charge < -0.3 is 5.73 Å². The summed E-state index contributed by atoms with van der Waals surface area (Å²) in [6.45, 7) is 0. The van der Waals surface area contributed by atoms with E-state index in [-0.39, 0.29) is 18.4 Å². The lowest BCUT2D eigenvalue weighted by atomic mass is 10.2. The van der Waals surface area contributed by atoms with E-state index in [0.29, 0.717) is 12.2 Å². The van der Waals surface area contributed by atoms with Gasteiger partial charge in [0, 0.05) is 6.42 Å². The van der Waals surface area contributed by atoms with Crippen molar-refractivity contribution in [2.45, 2.75) is 12.5 Å². The molecule has 6 heteroatoms. The van der Waals surface area contributed by atoms with Gasteiger partial charge in [0.2, 0.25) is 0 Å². The number of terminal acetylenes is 1. The molecule has 1 atom stereocenters. The van der Waals surface area contributed by atoms with Gasteiger partial charge in [-0.2, -0.15) is 5.21 Å². The number of nitrogens with zero attached hydrogens (tertiary/aromatic N) is 3. The normalized spacial score (nSPS) is 11.3. The van der Waals surface area contributed by atoms with Crippen LogP contribution in [-0.4, -0.2) is 20.6 Å². The molecule has 1 rings (SSSR count). The van der Waals surface area contributed by atoms with Gasteiger partial charge in [0.1, 0.15) is 0 Å². The molecule has 1 heterocycles. The van der Waals surface area contributed by atoms with Crippen LogP contribution in [-0.2, 0) is 0 Å². The van der Waals surface area contributed by atoms with Crippen LogP contribution in [0.5, 0.6) is 0 Å². The Morgan fingerprint density at radius 1 is 1.73 bits per heavy atom. The Hall–Kier alpha value is -1.12. The molecule has 3 N–H and O–H groups in total. The first kappa shape index (κ1) is 9.88. The number of aromatic amines is 1. The average molecular weight is 174 g/mol. The quantitative estimate of drug-likeness (QED) is 0.599. The minimum atomic E-state index is -0.302. The average Bonchev–Trinajstić information content (AvgIpc) is 2.38. The lowest BCUT2D eigenvalue weighted by Crippen LogP contribution is -2.11. The summed E-state index contributed by atoms with van der Waals surface area (Å²) < 4.78 is 0. The number of H-pyrrole nitrogens is 1. The molecule has 1 unspecified atom stereocenters. The molecule has 1 aromatic rings. The van der Waals surface area contributed by atoms with Crippen molar-refractivity contribution in [1.82, 2.24) is 20.6 Å². The number of halogens is 1. The fourth-order valence-corrected chi connectivity index (χ4v) is 0.545. The molecule has 0 saturated carbocycles. The lowest BCUT2D eigenvalue weighted by molar-refractivity contribution is 0.694. The van der Waals surface area contributed by atoms with Crippen LogP contribution < -0.4 is 5.73 Å². The molecule has 11 heavy (non-hydrogen) atoms. The first-order valence-electron chi connectivity index (χ1n) is 2.77. The first-order chi connectivity index (χ1) is 4.84. The third kappa shape index (κ3) is 2.53. The third-order valence-electron chi connectivity index (χ3n) is 1.03. The van der Waals surface area contributed by atoms with Gasteiger partial charge in [-0.15, -0.1) is 34.9 Å². The highest BCUT2D eigenvalue weighted by molar-refractivity contribution is 5.85. The van der Waals surface area contributed by atoms with Crippen molar-refractivity contribution in [3.8, 4) is 12.3 Å². The smallest absolute Gasteiger partial charge is 0.192 e. The van der Waals surface area contributed by atoms with Crippen LogP contribution in [0.25, 0.3) is 0 Å². The standard InChI is InChI=1S/C5H7N5.ClH/c1-2-3-4(6)5-7-9-10-8-5;/h1,4H,3,6H2,(H,7,8,9,10);1H. The lowest BCUT2D eigenvalue weighted by Gasteiger charge is -1.98.